The summed E-state index contributed by atoms with van der Waals surface area (Å²) in [5.74, 6) is 0.542. The van der Waals surface area contributed by atoms with E-state index in [0.717, 1.165) is 19.3 Å². The van der Waals surface area contributed by atoms with Crippen LogP contribution in [-0.2, 0) is 0 Å². The third kappa shape index (κ3) is 6.83. The van der Waals surface area contributed by atoms with E-state index in [1.165, 1.54) is 25.7 Å². The molecule has 0 aliphatic heterocycles. The number of carbonyl (C=O) groups excluding carboxylic acids is 1. The molecule has 3 N–H and O–H groups in total. The van der Waals surface area contributed by atoms with Crippen LogP contribution in [0.5, 0.6) is 5.75 Å². The molecule has 0 saturated carbocycles. The first-order valence-electron chi connectivity index (χ1n) is 8.49. The van der Waals surface area contributed by atoms with Crippen LogP contribution in [0.25, 0.3) is 0 Å². The monoisotopic (exact) mass is 306 g/mol. The number of carbonyl (C=O) groups is 1. The van der Waals surface area contributed by atoms with Gasteiger partial charge in [-0.2, -0.15) is 0 Å². The van der Waals surface area contributed by atoms with Crippen molar-refractivity contribution in [2.75, 3.05) is 18.9 Å². The molecule has 1 rings (SSSR count). The van der Waals surface area contributed by atoms with E-state index in [-0.39, 0.29) is 5.91 Å². The van der Waals surface area contributed by atoms with Crippen LogP contribution in [0.3, 0.4) is 0 Å². The van der Waals surface area contributed by atoms with Crippen molar-refractivity contribution in [3.63, 3.8) is 0 Å². The van der Waals surface area contributed by atoms with Crippen LogP contribution < -0.4 is 15.8 Å². The van der Waals surface area contributed by atoms with Crippen molar-refractivity contribution < 1.29 is 9.53 Å². The van der Waals surface area contributed by atoms with Gasteiger partial charge in [-0.25, -0.2) is 0 Å². The number of unbranched alkanes of at least 4 members (excludes halogenated alkanes) is 5. The Morgan fingerprint density at radius 2 is 1.82 bits per heavy atom. The van der Waals surface area contributed by atoms with Crippen LogP contribution in [0, 0.1) is 0 Å². The summed E-state index contributed by atoms with van der Waals surface area (Å²) in [6.45, 7) is 5.65. The average molecular weight is 306 g/mol. The number of nitrogens with two attached hydrogens (primary N) is 1. The van der Waals surface area contributed by atoms with E-state index in [2.05, 4.69) is 19.2 Å². The molecule has 0 heterocycles. The van der Waals surface area contributed by atoms with Crippen molar-refractivity contribution in [1.29, 1.82) is 0 Å². The first kappa shape index (κ1) is 18.3. The summed E-state index contributed by atoms with van der Waals surface area (Å²) in [7, 11) is 0. The standard InChI is InChI=1S/C18H30N2O2/c1-3-5-7-8-9-13-22-17-14-15(10-11-16(17)19)18(21)20-12-6-4-2/h10-11,14H,3-9,12-13,19H2,1-2H3,(H,20,21). The number of nitrogen functional groups attached to an aromatic ring is 1. The number of ether oxygens (including phenoxy) is 1. The molecular formula is C18H30N2O2. The van der Waals surface area contributed by atoms with Gasteiger partial charge in [-0.3, -0.25) is 4.79 Å². The molecule has 4 heteroatoms. The first-order valence-corrected chi connectivity index (χ1v) is 8.49. The Kier molecular flexibility index (Phi) is 9.12. The highest BCUT2D eigenvalue weighted by molar-refractivity contribution is 5.95. The second-order valence-corrected chi connectivity index (χ2v) is 5.62. The zero-order chi connectivity index (χ0) is 16.2. The highest BCUT2D eigenvalue weighted by Gasteiger charge is 2.08. The molecular weight excluding hydrogens is 276 g/mol. The Labute approximate surface area is 134 Å². The Morgan fingerprint density at radius 1 is 1.09 bits per heavy atom. The third-order valence-electron chi connectivity index (χ3n) is 3.60. The quantitative estimate of drug-likeness (QED) is 0.477. The lowest BCUT2D eigenvalue weighted by molar-refractivity contribution is 0.0952. The topological polar surface area (TPSA) is 64.3 Å². The Hall–Kier alpha value is -1.71. The van der Waals surface area contributed by atoms with Gasteiger partial charge in [-0.1, -0.05) is 46.0 Å². The largest absolute Gasteiger partial charge is 0.491 e. The molecule has 0 atom stereocenters. The maximum Gasteiger partial charge on any atom is 0.251 e. The SMILES string of the molecule is CCCCCCCOc1cc(C(=O)NCCCC)ccc1N. The number of hydrogen-bond donors (Lipinski definition) is 2. The van der Waals surface area contributed by atoms with Gasteiger partial charge in [0.05, 0.1) is 12.3 Å². The van der Waals surface area contributed by atoms with Gasteiger partial charge in [0.25, 0.3) is 5.91 Å². The molecule has 0 spiro atoms. The first-order chi connectivity index (χ1) is 10.7. The maximum absolute atomic E-state index is 12.0. The number of benzene rings is 1. The van der Waals surface area contributed by atoms with E-state index in [4.69, 9.17) is 10.5 Å². The Morgan fingerprint density at radius 3 is 2.55 bits per heavy atom. The van der Waals surface area contributed by atoms with Gasteiger partial charge in [0, 0.05) is 12.1 Å². The molecule has 124 valence electrons. The summed E-state index contributed by atoms with van der Waals surface area (Å²) < 4.78 is 5.73. The zero-order valence-corrected chi connectivity index (χ0v) is 14.0. The number of hydrogen-bond acceptors (Lipinski definition) is 3. The summed E-state index contributed by atoms with van der Waals surface area (Å²) in [4.78, 5) is 12.0. The molecule has 1 aromatic carbocycles. The second kappa shape index (κ2) is 10.9. The molecule has 0 bridgehead atoms. The summed E-state index contributed by atoms with van der Waals surface area (Å²) >= 11 is 0. The second-order valence-electron chi connectivity index (χ2n) is 5.62. The lowest BCUT2D eigenvalue weighted by atomic mass is 10.1. The molecule has 0 unspecified atom stereocenters. The van der Waals surface area contributed by atoms with Gasteiger partial charge >= 0.3 is 0 Å². The summed E-state index contributed by atoms with van der Waals surface area (Å²) in [6.07, 6.45) is 8.00. The predicted molar refractivity (Wildman–Crippen MR) is 92.3 cm³/mol. The van der Waals surface area contributed by atoms with E-state index in [1.54, 1.807) is 18.2 Å². The van der Waals surface area contributed by atoms with Crippen molar-refractivity contribution in [2.45, 2.75) is 58.8 Å². The number of amides is 1. The molecule has 0 aliphatic rings. The van der Waals surface area contributed by atoms with E-state index < -0.39 is 0 Å². The lowest BCUT2D eigenvalue weighted by Gasteiger charge is -2.11. The number of anilines is 1. The lowest BCUT2D eigenvalue weighted by Crippen LogP contribution is -2.24. The van der Waals surface area contributed by atoms with Crippen molar-refractivity contribution in [3.8, 4) is 5.75 Å². The minimum atomic E-state index is -0.0683. The third-order valence-corrected chi connectivity index (χ3v) is 3.60. The van der Waals surface area contributed by atoms with E-state index in [1.807, 2.05) is 0 Å². The predicted octanol–water partition coefficient (Wildman–Crippen LogP) is 4.15. The normalized spacial score (nSPS) is 10.5. The minimum Gasteiger partial charge on any atom is -0.491 e. The van der Waals surface area contributed by atoms with Crippen LogP contribution in [0.4, 0.5) is 5.69 Å². The molecule has 1 aromatic rings. The fourth-order valence-electron chi connectivity index (χ4n) is 2.17. The maximum atomic E-state index is 12.0. The van der Waals surface area contributed by atoms with Gasteiger partial charge in [-0.15, -0.1) is 0 Å². The van der Waals surface area contributed by atoms with Gasteiger partial charge in [0.2, 0.25) is 0 Å². The molecule has 0 saturated heterocycles. The fourth-order valence-corrected chi connectivity index (χ4v) is 2.17. The van der Waals surface area contributed by atoms with Gasteiger partial charge < -0.3 is 15.8 Å². The van der Waals surface area contributed by atoms with Crippen molar-refractivity contribution in [2.24, 2.45) is 0 Å². The van der Waals surface area contributed by atoms with Gasteiger partial charge in [0.1, 0.15) is 5.75 Å². The average Bonchev–Trinajstić information content (AvgIpc) is 2.52. The van der Waals surface area contributed by atoms with Gasteiger partial charge in [0.15, 0.2) is 0 Å². The minimum absolute atomic E-state index is 0.0683. The molecule has 0 aromatic heterocycles. The Bertz CT molecular complexity index is 447. The highest BCUT2D eigenvalue weighted by Crippen LogP contribution is 2.23. The smallest absolute Gasteiger partial charge is 0.251 e. The van der Waals surface area contributed by atoms with Crippen molar-refractivity contribution >= 4 is 11.6 Å². The van der Waals surface area contributed by atoms with E-state index in [9.17, 15) is 4.79 Å². The fraction of sp³-hybridized carbons (Fsp3) is 0.611. The van der Waals surface area contributed by atoms with Gasteiger partial charge in [-0.05, 0) is 31.0 Å². The molecule has 0 fully saturated rings. The molecule has 22 heavy (non-hydrogen) atoms. The van der Waals surface area contributed by atoms with Crippen LogP contribution in [0.2, 0.25) is 0 Å². The van der Waals surface area contributed by atoms with E-state index >= 15 is 0 Å². The summed E-state index contributed by atoms with van der Waals surface area (Å²) in [5, 5.41) is 2.90. The van der Waals surface area contributed by atoms with Crippen LogP contribution in [0.1, 0.15) is 69.2 Å². The molecule has 4 nitrogen and oxygen atoms in total. The van der Waals surface area contributed by atoms with Crippen LogP contribution >= 0.6 is 0 Å². The van der Waals surface area contributed by atoms with E-state index in [0.29, 0.717) is 30.2 Å². The van der Waals surface area contributed by atoms with Crippen molar-refractivity contribution in [1.82, 2.24) is 5.32 Å². The van der Waals surface area contributed by atoms with Crippen molar-refractivity contribution in [3.05, 3.63) is 23.8 Å². The molecule has 0 radical (unpaired) electrons. The zero-order valence-electron chi connectivity index (χ0n) is 14.0. The van der Waals surface area contributed by atoms with Crippen LogP contribution in [0.15, 0.2) is 18.2 Å². The number of rotatable bonds is 11. The van der Waals surface area contributed by atoms with Crippen LogP contribution in [-0.4, -0.2) is 19.1 Å². The molecule has 0 aliphatic carbocycles. The number of nitrogens with one attached hydrogen (secondary N) is 1. The Balaban J connectivity index is 2.45. The summed E-state index contributed by atoms with van der Waals surface area (Å²) in [6, 6.07) is 5.22. The summed E-state index contributed by atoms with van der Waals surface area (Å²) in [5.41, 5.74) is 7.10. The highest BCUT2D eigenvalue weighted by atomic mass is 16.5. The molecule has 1 amide bonds.